The lowest BCUT2D eigenvalue weighted by atomic mass is 9.93. The lowest BCUT2D eigenvalue weighted by Crippen LogP contribution is -2.34. The minimum absolute atomic E-state index is 0.118. The summed E-state index contributed by atoms with van der Waals surface area (Å²) in [5.41, 5.74) is 0.155. The predicted molar refractivity (Wildman–Crippen MR) is 78.6 cm³/mol. The van der Waals surface area contributed by atoms with Crippen LogP contribution < -0.4 is 10.1 Å². The molecule has 5 nitrogen and oxygen atoms in total. The van der Waals surface area contributed by atoms with Crippen molar-refractivity contribution in [1.29, 1.82) is 0 Å². The van der Waals surface area contributed by atoms with E-state index in [1.165, 1.54) is 0 Å². The number of hydrogen-bond acceptors (Lipinski definition) is 5. The van der Waals surface area contributed by atoms with Crippen LogP contribution in [0.2, 0.25) is 0 Å². The number of ether oxygens (including phenoxy) is 1. The first kappa shape index (κ1) is 15.7. The Balaban J connectivity index is 2.57. The van der Waals surface area contributed by atoms with Gasteiger partial charge in [0.2, 0.25) is 11.8 Å². The Morgan fingerprint density at radius 2 is 2.05 bits per heavy atom. The number of nitrogens with one attached hydrogen (secondary N) is 1. The monoisotopic (exact) mass is 266 g/mol. The first-order valence-corrected chi connectivity index (χ1v) is 6.67. The zero-order valence-electron chi connectivity index (χ0n) is 12.9. The molecule has 0 atom stereocenters. The van der Waals surface area contributed by atoms with Gasteiger partial charge in [0.05, 0.1) is 6.10 Å². The molecule has 1 N–H and O–H groups in total. The van der Waals surface area contributed by atoms with E-state index >= 15 is 0 Å². The average Bonchev–Trinajstić information content (AvgIpc) is 2.24. The topological polar surface area (TPSA) is 50.3 Å². The summed E-state index contributed by atoms with van der Waals surface area (Å²) in [5.74, 6) is 1.22. The lowest BCUT2D eigenvalue weighted by molar-refractivity contribution is 0.232. The van der Waals surface area contributed by atoms with Crippen LogP contribution in [0.25, 0.3) is 0 Å². The Labute approximate surface area is 116 Å². The third-order valence-electron chi connectivity index (χ3n) is 2.46. The lowest BCUT2D eigenvalue weighted by Gasteiger charge is -2.28. The van der Waals surface area contributed by atoms with Gasteiger partial charge >= 0.3 is 0 Å². The molecule has 1 aromatic heterocycles. The van der Waals surface area contributed by atoms with E-state index in [4.69, 9.17) is 4.74 Å². The largest absolute Gasteiger partial charge is 0.475 e. The van der Waals surface area contributed by atoms with Crippen LogP contribution in [0.5, 0.6) is 5.88 Å². The summed E-state index contributed by atoms with van der Waals surface area (Å²) in [6.45, 7) is 10.2. The zero-order valence-corrected chi connectivity index (χ0v) is 12.9. The Morgan fingerprint density at radius 1 is 1.37 bits per heavy atom. The van der Waals surface area contributed by atoms with Gasteiger partial charge in [-0.05, 0) is 33.4 Å². The van der Waals surface area contributed by atoms with Crippen molar-refractivity contribution >= 4 is 5.95 Å². The van der Waals surface area contributed by atoms with Crippen molar-refractivity contribution < 1.29 is 4.74 Å². The Kier molecular flexibility index (Phi) is 5.54. The minimum atomic E-state index is 0.118. The molecule has 0 saturated carbocycles. The van der Waals surface area contributed by atoms with Gasteiger partial charge in [0, 0.05) is 25.4 Å². The van der Waals surface area contributed by atoms with Crippen molar-refractivity contribution in [2.45, 2.75) is 33.8 Å². The van der Waals surface area contributed by atoms with Crippen molar-refractivity contribution in [2.24, 2.45) is 5.41 Å². The van der Waals surface area contributed by atoms with E-state index in [1.54, 1.807) is 12.3 Å². The third kappa shape index (κ3) is 6.38. The van der Waals surface area contributed by atoms with Crippen LogP contribution in [0.3, 0.4) is 0 Å². The molecule has 0 aliphatic rings. The van der Waals surface area contributed by atoms with Gasteiger partial charge < -0.3 is 15.0 Å². The molecule has 108 valence electrons. The molecule has 1 aromatic rings. The number of aromatic nitrogens is 2. The van der Waals surface area contributed by atoms with E-state index in [1.807, 2.05) is 13.8 Å². The van der Waals surface area contributed by atoms with Gasteiger partial charge in [-0.1, -0.05) is 13.8 Å². The van der Waals surface area contributed by atoms with E-state index in [0.717, 1.165) is 13.1 Å². The van der Waals surface area contributed by atoms with Crippen LogP contribution in [0, 0.1) is 5.41 Å². The highest BCUT2D eigenvalue weighted by Gasteiger charge is 2.19. The number of nitrogens with zero attached hydrogens (tertiary/aromatic N) is 3. The molecule has 0 amide bonds. The van der Waals surface area contributed by atoms with Gasteiger partial charge in [0.15, 0.2) is 0 Å². The Morgan fingerprint density at radius 3 is 2.63 bits per heavy atom. The van der Waals surface area contributed by atoms with Crippen molar-refractivity contribution in [3.63, 3.8) is 0 Å². The molecule has 0 saturated heterocycles. The summed E-state index contributed by atoms with van der Waals surface area (Å²) >= 11 is 0. The van der Waals surface area contributed by atoms with Crippen LogP contribution in [0.4, 0.5) is 5.95 Å². The zero-order chi connectivity index (χ0) is 14.5. The van der Waals surface area contributed by atoms with Crippen molar-refractivity contribution in [3.8, 4) is 5.88 Å². The van der Waals surface area contributed by atoms with Crippen LogP contribution in [0.1, 0.15) is 27.7 Å². The molecular weight excluding hydrogens is 240 g/mol. The molecule has 0 fully saturated rings. The van der Waals surface area contributed by atoms with Crippen molar-refractivity contribution in [1.82, 2.24) is 14.9 Å². The molecule has 0 radical (unpaired) electrons. The third-order valence-corrected chi connectivity index (χ3v) is 2.46. The summed E-state index contributed by atoms with van der Waals surface area (Å²) in [7, 11) is 4.16. The number of anilines is 1. The molecule has 5 heteroatoms. The molecule has 0 aromatic carbocycles. The maximum Gasteiger partial charge on any atom is 0.225 e. The highest BCUT2D eigenvalue weighted by atomic mass is 16.5. The normalized spacial score (nSPS) is 12.0. The second-order valence-corrected chi connectivity index (χ2v) is 6.14. The molecule has 1 heterocycles. The summed E-state index contributed by atoms with van der Waals surface area (Å²) in [6, 6.07) is 1.77. The molecular formula is C14H26N4O. The van der Waals surface area contributed by atoms with E-state index in [2.05, 4.69) is 48.1 Å². The van der Waals surface area contributed by atoms with Crippen LogP contribution in [-0.2, 0) is 0 Å². The SMILES string of the molecule is CC(C)Oc1ccnc(NCC(C)(C)CN(C)C)n1. The Hall–Kier alpha value is -1.36. The maximum atomic E-state index is 5.55. The molecule has 1 rings (SSSR count). The van der Waals surface area contributed by atoms with E-state index in [9.17, 15) is 0 Å². The highest BCUT2D eigenvalue weighted by Crippen LogP contribution is 2.17. The van der Waals surface area contributed by atoms with Gasteiger partial charge in [-0.25, -0.2) is 4.98 Å². The van der Waals surface area contributed by atoms with Crippen LogP contribution in [-0.4, -0.2) is 48.2 Å². The summed E-state index contributed by atoms with van der Waals surface area (Å²) in [4.78, 5) is 10.7. The first-order chi connectivity index (χ1) is 8.78. The smallest absolute Gasteiger partial charge is 0.225 e. The van der Waals surface area contributed by atoms with Crippen molar-refractivity contribution in [3.05, 3.63) is 12.3 Å². The molecule has 0 bridgehead atoms. The van der Waals surface area contributed by atoms with E-state index in [0.29, 0.717) is 11.8 Å². The van der Waals surface area contributed by atoms with E-state index < -0.39 is 0 Å². The maximum absolute atomic E-state index is 5.55. The summed E-state index contributed by atoms with van der Waals surface area (Å²) < 4.78 is 5.55. The first-order valence-electron chi connectivity index (χ1n) is 6.67. The summed E-state index contributed by atoms with van der Waals surface area (Å²) in [6.07, 6.45) is 1.83. The molecule has 19 heavy (non-hydrogen) atoms. The van der Waals surface area contributed by atoms with Gasteiger partial charge in [-0.3, -0.25) is 0 Å². The Bertz CT molecular complexity index is 391. The quantitative estimate of drug-likeness (QED) is 0.820. The highest BCUT2D eigenvalue weighted by molar-refractivity contribution is 5.27. The minimum Gasteiger partial charge on any atom is -0.475 e. The summed E-state index contributed by atoms with van der Waals surface area (Å²) in [5, 5.41) is 3.28. The fraction of sp³-hybridized carbons (Fsp3) is 0.714. The standard InChI is InChI=1S/C14H26N4O/c1-11(2)19-12-7-8-15-13(17-12)16-9-14(3,4)10-18(5)6/h7-8,11H,9-10H2,1-6H3,(H,15,16,17). The second kappa shape index (κ2) is 6.70. The molecule has 0 aliphatic heterocycles. The van der Waals surface area contributed by atoms with Gasteiger partial charge in [-0.2, -0.15) is 4.98 Å². The molecule has 0 aliphatic carbocycles. The van der Waals surface area contributed by atoms with Gasteiger partial charge in [-0.15, -0.1) is 0 Å². The number of rotatable bonds is 7. The predicted octanol–water partition coefficient (Wildman–Crippen LogP) is 2.26. The molecule has 0 unspecified atom stereocenters. The molecule has 0 spiro atoms. The van der Waals surface area contributed by atoms with Gasteiger partial charge in [0.25, 0.3) is 0 Å². The fourth-order valence-electron chi connectivity index (χ4n) is 1.96. The fourth-order valence-corrected chi connectivity index (χ4v) is 1.96. The number of hydrogen-bond donors (Lipinski definition) is 1. The van der Waals surface area contributed by atoms with E-state index in [-0.39, 0.29) is 11.5 Å². The average molecular weight is 266 g/mol. The van der Waals surface area contributed by atoms with Crippen molar-refractivity contribution in [2.75, 3.05) is 32.5 Å². The van der Waals surface area contributed by atoms with Gasteiger partial charge in [0.1, 0.15) is 0 Å². The van der Waals surface area contributed by atoms with Crippen LogP contribution >= 0.6 is 0 Å². The second-order valence-electron chi connectivity index (χ2n) is 6.14. The van der Waals surface area contributed by atoms with Crippen LogP contribution in [0.15, 0.2) is 12.3 Å².